The van der Waals surface area contributed by atoms with Gasteiger partial charge in [-0.1, -0.05) is 0 Å². The van der Waals surface area contributed by atoms with E-state index in [0.29, 0.717) is 13.6 Å². The van der Waals surface area contributed by atoms with Crippen molar-refractivity contribution in [2.75, 3.05) is 13.6 Å². The first-order valence-electron chi connectivity index (χ1n) is 3.59. The van der Waals surface area contributed by atoms with Crippen LogP contribution in [0.5, 0.6) is 0 Å². The van der Waals surface area contributed by atoms with Crippen LogP contribution in [0, 0.1) is 6.42 Å². The van der Waals surface area contributed by atoms with Crippen molar-refractivity contribution in [2.24, 2.45) is 0 Å². The molecule has 1 aliphatic heterocycles. The Morgan fingerprint density at radius 3 is 2.20 bits per heavy atom. The van der Waals surface area contributed by atoms with Crippen LogP contribution < -0.4 is 0 Å². The van der Waals surface area contributed by atoms with Crippen molar-refractivity contribution >= 4 is 0 Å². The second kappa shape index (κ2) is 2.86. The Bertz CT molecular complexity index is 103. The van der Waals surface area contributed by atoms with Gasteiger partial charge in [0.05, 0.1) is 12.2 Å². The molecule has 0 spiro atoms. The molecule has 0 aromatic heterocycles. The maximum Gasteiger partial charge on any atom is 0.150 e. The highest BCUT2D eigenvalue weighted by Crippen LogP contribution is 2.25. The number of fused-ring (bicyclic) bond motifs is 1. The van der Waals surface area contributed by atoms with Crippen LogP contribution >= 0.6 is 0 Å². The summed E-state index contributed by atoms with van der Waals surface area (Å²) in [5.41, 5.74) is 0. The summed E-state index contributed by atoms with van der Waals surface area (Å²) in [6.45, 7) is 0.768. The molecule has 57 valence electrons. The predicted octanol–water partition coefficient (Wildman–Crippen LogP) is 0.700. The Labute approximate surface area is 60.3 Å². The third-order valence-electron chi connectivity index (χ3n) is 1.94. The quantitative estimate of drug-likeness (QED) is 0.499. The molecule has 0 aromatic carbocycles. The van der Waals surface area contributed by atoms with E-state index in [1.165, 1.54) is 0 Å². The van der Waals surface area contributed by atoms with E-state index in [0.717, 1.165) is 12.8 Å². The summed E-state index contributed by atoms with van der Waals surface area (Å²) in [4.78, 5) is 0. The second-order valence-electron chi connectivity index (χ2n) is 2.61. The molecule has 0 aromatic rings. The van der Waals surface area contributed by atoms with Gasteiger partial charge >= 0.3 is 0 Å². The molecule has 1 radical (unpaired) electrons. The van der Waals surface area contributed by atoms with Gasteiger partial charge in [0.25, 0.3) is 0 Å². The monoisotopic (exact) mass is 143 g/mol. The summed E-state index contributed by atoms with van der Waals surface area (Å²) in [5, 5.41) is 0. The Morgan fingerprint density at radius 2 is 1.60 bits per heavy atom. The molecule has 2 fully saturated rings. The van der Waals surface area contributed by atoms with Gasteiger partial charge in [0.2, 0.25) is 0 Å². The van der Waals surface area contributed by atoms with Gasteiger partial charge in [-0.3, -0.25) is 0 Å². The van der Waals surface area contributed by atoms with Crippen LogP contribution in [0.1, 0.15) is 12.8 Å². The third kappa shape index (κ3) is 1.17. The summed E-state index contributed by atoms with van der Waals surface area (Å²) in [6.07, 6.45) is 4.73. The number of hydrogen-bond acceptors (Lipinski definition) is 3. The van der Waals surface area contributed by atoms with E-state index in [1.54, 1.807) is 0 Å². The maximum atomic E-state index is 5.35. The minimum Gasteiger partial charge on any atom is -0.349 e. The van der Waals surface area contributed by atoms with Crippen molar-refractivity contribution < 1.29 is 14.2 Å². The average Bonchev–Trinajstić information content (AvgIpc) is 2.28. The Kier molecular flexibility index (Phi) is 1.88. The first-order chi connectivity index (χ1) is 4.97. The van der Waals surface area contributed by atoms with Crippen LogP contribution in [0.2, 0.25) is 0 Å². The molecule has 10 heavy (non-hydrogen) atoms. The summed E-state index contributed by atoms with van der Waals surface area (Å²) in [5.74, 6) is 0. The molecule has 0 N–H and O–H groups in total. The minimum absolute atomic E-state index is 0.252. The van der Waals surface area contributed by atoms with E-state index in [-0.39, 0.29) is 12.2 Å². The van der Waals surface area contributed by atoms with E-state index < -0.39 is 0 Å². The third-order valence-corrected chi connectivity index (χ3v) is 1.94. The highest BCUT2D eigenvalue weighted by Gasteiger charge is 2.30. The molecule has 3 nitrogen and oxygen atoms in total. The lowest BCUT2D eigenvalue weighted by atomic mass is 10.3. The molecule has 1 heterocycles. The van der Waals surface area contributed by atoms with Gasteiger partial charge in [0, 0.05) is 0 Å². The lowest BCUT2D eigenvalue weighted by Crippen LogP contribution is -2.23. The fraction of sp³-hybridized carbons (Fsp3) is 0.857. The molecule has 2 aliphatic rings. The van der Waals surface area contributed by atoms with Crippen molar-refractivity contribution in [3.8, 4) is 0 Å². The lowest BCUT2D eigenvalue weighted by molar-refractivity contribution is -0.0900. The fourth-order valence-electron chi connectivity index (χ4n) is 1.38. The number of rotatable bonds is 0. The zero-order valence-corrected chi connectivity index (χ0v) is 5.79. The summed E-state index contributed by atoms with van der Waals surface area (Å²) < 4.78 is 15.7. The summed E-state index contributed by atoms with van der Waals surface area (Å²) >= 11 is 0. The van der Waals surface area contributed by atoms with E-state index in [1.807, 2.05) is 0 Å². The fourth-order valence-corrected chi connectivity index (χ4v) is 1.38. The highest BCUT2D eigenvalue weighted by molar-refractivity contribution is 4.90. The van der Waals surface area contributed by atoms with E-state index in [9.17, 15) is 0 Å². The van der Waals surface area contributed by atoms with Crippen molar-refractivity contribution in [3.63, 3.8) is 0 Å². The van der Waals surface area contributed by atoms with Crippen LogP contribution in [0.25, 0.3) is 0 Å². The van der Waals surface area contributed by atoms with E-state index >= 15 is 0 Å². The number of hydrogen-bond donors (Lipinski definition) is 0. The molecule has 3 heteroatoms. The molecule has 1 aliphatic carbocycles. The molecule has 0 bridgehead atoms. The van der Waals surface area contributed by atoms with Crippen LogP contribution in [0.3, 0.4) is 0 Å². The summed E-state index contributed by atoms with van der Waals surface area (Å²) in [6, 6.07) is 0. The molecule has 2 rings (SSSR count). The SMILES string of the molecule is [CH]1CC2OCOCOC2C1. The van der Waals surface area contributed by atoms with Gasteiger partial charge in [-0.2, -0.15) is 0 Å². The van der Waals surface area contributed by atoms with Crippen LogP contribution in [-0.4, -0.2) is 25.8 Å². The zero-order valence-electron chi connectivity index (χ0n) is 5.79. The molecule has 2 unspecified atom stereocenters. The van der Waals surface area contributed by atoms with Crippen molar-refractivity contribution in [3.05, 3.63) is 6.42 Å². The normalized spacial score (nSPS) is 40.8. The van der Waals surface area contributed by atoms with Crippen LogP contribution in [0.4, 0.5) is 0 Å². The molecule has 2 atom stereocenters. The first-order valence-corrected chi connectivity index (χ1v) is 3.59. The molecular weight excluding hydrogens is 132 g/mol. The van der Waals surface area contributed by atoms with Crippen LogP contribution in [-0.2, 0) is 14.2 Å². The van der Waals surface area contributed by atoms with Crippen molar-refractivity contribution in [1.82, 2.24) is 0 Å². The Morgan fingerprint density at radius 1 is 1.00 bits per heavy atom. The standard InChI is InChI=1S/C7H11O3/c1-2-6-7(3-1)10-5-8-4-9-6/h1,6-7H,2-5H2. The average molecular weight is 143 g/mol. The summed E-state index contributed by atoms with van der Waals surface area (Å²) in [7, 11) is 0. The molecule has 1 saturated heterocycles. The van der Waals surface area contributed by atoms with E-state index in [4.69, 9.17) is 14.2 Å². The molecule has 0 amide bonds. The maximum absolute atomic E-state index is 5.35. The van der Waals surface area contributed by atoms with Crippen molar-refractivity contribution in [2.45, 2.75) is 25.0 Å². The number of ether oxygens (including phenoxy) is 3. The largest absolute Gasteiger partial charge is 0.349 e. The van der Waals surface area contributed by atoms with Crippen molar-refractivity contribution in [1.29, 1.82) is 0 Å². The molecule has 1 saturated carbocycles. The highest BCUT2D eigenvalue weighted by atomic mass is 16.8. The predicted molar refractivity (Wildman–Crippen MR) is 34.1 cm³/mol. The Balaban J connectivity index is 1.95. The van der Waals surface area contributed by atoms with Gasteiger partial charge in [0.1, 0.15) is 13.6 Å². The zero-order chi connectivity index (χ0) is 6.81. The van der Waals surface area contributed by atoms with Gasteiger partial charge in [0.15, 0.2) is 0 Å². The van der Waals surface area contributed by atoms with E-state index in [2.05, 4.69) is 6.42 Å². The van der Waals surface area contributed by atoms with Gasteiger partial charge < -0.3 is 14.2 Å². The molecular formula is C7H11O3. The lowest BCUT2D eigenvalue weighted by Gasteiger charge is -2.13. The minimum atomic E-state index is 0.252. The van der Waals surface area contributed by atoms with Gasteiger partial charge in [-0.05, 0) is 19.3 Å². The first kappa shape index (κ1) is 6.58. The topological polar surface area (TPSA) is 27.7 Å². The van der Waals surface area contributed by atoms with Gasteiger partial charge in [-0.25, -0.2) is 0 Å². The Hall–Kier alpha value is -0.120. The second-order valence-corrected chi connectivity index (χ2v) is 2.61. The van der Waals surface area contributed by atoms with Gasteiger partial charge in [-0.15, -0.1) is 0 Å². The van der Waals surface area contributed by atoms with Crippen LogP contribution in [0.15, 0.2) is 0 Å². The smallest absolute Gasteiger partial charge is 0.150 e.